The number of carbonyl (C=O) groups excluding carboxylic acids is 1. The number of anilines is 1. The molecule has 7 heteroatoms. The quantitative estimate of drug-likeness (QED) is 0.484. The first-order valence-corrected chi connectivity index (χ1v) is 9.33. The standard InChI is InChI=1S/C20H13ClFN3OS/c21-15-11-13(22)8-9-16(15)23-20(26)18-12-17(19-7-4-10-27-19)24-25(18)14-5-2-1-3-6-14/h1-12H,(H,23,26). The second-order valence-corrected chi connectivity index (χ2v) is 7.07. The Labute approximate surface area is 163 Å². The zero-order valence-electron chi connectivity index (χ0n) is 13.9. The molecule has 0 aliphatic heterocycles. The molecule has 0 atom stereocenters. The van der Waals surface area contributed by atoms with Crippen molar-refractivity contribution in [2.75, 3.05) is 5.32 Å². The average molecular weight is 398 g/mol. The van der Waals surface area contributed by atoms with Gasteiger partial charge in [-0.15, -0.1) is 11.3 Å². The molecule has 0 fully saturated rings. The van der Waals surface area contributed by atoms with Crippen molar-refractivity contribution in [2.45, 2.75) is 0 Å². The van der Waals surface area contributed by atoms with E-state index in [1.807, 2.05) is 47.8 Å². The lowest BCUT2D eigenvalue weighted by molar-refractivity contribution is 0.101. The van der Waals surface area contributed by atoms with E-state index in [4.69, 9.17) is 11.6 Å². The first kappa shape index (κ1) is 17.5. The van der Waals surface area contributed by atoms with E-state index in [1.54, 1.807) is 22.1 Å². The third-order valence-electron chi connectivity index (χ3n) is 3.90. The van der Waals surface area contributed by atoms with E-state index >= 15 is 0 Å². The molecule has 0 radical (unpaired) electrons. The van der Waals surface area contributed by atoms with Crippen molar-refractivity contribution >= 4 is 34.5 Å². The molecule has 0 saturated carbocycles. The van der Waals surface area contributed by atoms with E-state index < -0.39 is 5.82 Å². The van der Waals surface area contributed by atoms with Crippen molar-refractivity contribution in [1.82, 2.24) is 9.78 Å². The van der Waals surface area contributed by atoms with Crippen molar-refractivity contribution in [3.8, 4) is 16.3 Å². The Morgan fingerprint density at radius 2 is 1.89 bits per heavy atom. The molecule has 4 rings (SSSR count). The number of para-hydroxylation sites is 1. The largest absolute Gasteiger partial charge is 0.319 e. The number of aromatic nitrogens is 2. The van der Waals surface area contributed by atoms with Gasteiger partial charge in [-0.25, -0.2) is 9.07 Å². The van der Waals surface area contributed by atoms with Gasteiger partial charge in [-0.1, -0.05) is 35.9 Å². The van der Waals surface area contributed by atoms with E-state index in [-0.39, 0.29) is 10.9 Å². The Morgan fingerprint density at radius 1 is 1.07 bits per heavy atom. The van der Waals surface area contributed by atoms with Crippen molar-refractivity contribution in [1.29, 1.82) is 0 Å². The van der Waals surface area contributed by atoms with Crippen LogP contribution >= 0.6 is 22.9 Å². The third-order valence-corrected chi connectivity index (χ3v) is 5.10. The molecule has 4 aromatic rings. The average Bonchev–Trinajstić information content (AvgIpc) is 3.34. The normalized spacial score (nSPS) is 10.7. The van der Waals surface area contributed by atoms with Gasteiger partial charge in [-0.05, 0) is 47.8 Å². The lowest BCUT2D eigenvalue weighted by Gasteiger charge is -2.09. The molecule has 134 valence electrons. The summed E-state index contributed by atoms with van der Waals surface area (Å²) in [7, 11) is 0. The summed E-state index contributed by atoms with van der Waals surface area (Å²) >= 11 is 7.57. The van der Waals surface area contributed by atoms with Crippen LogP contribution in [-0.4, -0.2) is 15.7 Å². The Balaban J connectivity index is 1.75. The molecule has 2 aromatic carbocycles. The predicted octanol–water partition coefficient (Wildman–Crippen LogP) is 5.65. The van der Waals surface area contributed by atoms with Gasteiger partial charge in [0.15, 0.2) is 0 Å². The number of hydrogen-bond acceptors (Lipinski definition) is 3. The van der Waals surface area contributed by atoms with E-state index in [0.717, 1.165) is 16.6 Å². The van der Waals surface area contributed by atoms with Crippen LogP contribution in [0.15, 0.2) is 72.1 Å². The second-order valence-electron chi connectivity index (χ2n) is 5.72. The van der Waals surface area contributed by atoms with Crippen LogP contribution in [-0.2, 0) is 0 Å². The molecule has 0 unspecified atom stereocenters. The number of nitrogens with one attached hydrogen (secondary N) is 1. The van der Waals surface area contributed by atoms with E-state index in [2.05, 4.69) is 10.4 Å². The van der Waals surface area contributed by atoms with Gasteiger partial charge in [-0.3, -0.25) is 4.79 Å². The molecular formula is C20H13ClFN3OS. The van der Waals surface area contributed by atoms with Gasteiger partial charge in [-0.2, -0.15) is 5.10 Å². The van der Waals surface area contributed by atoms with Gasteiger partial charge in [0.05, 0.1) is 21.3 Å². The van der Waals surface area contributed by atoms with Gasteiger partial charge in [0.1, 0.15) is 17.2 Å². The molecular weight excluding hydrogens is 385 g/mol. The van der Waals surface area contributed by atoms with Gasteiger partial charge in [0, 0.05) is 0 Å². The first-order chi connectivity index (χ1) is 13.1. The van der Waals surface area contributed by atoms with E-state index in [9.17, 15) is 9.18 Å². The fourth-order valence-electron chi connectivity index (χ4n) is 2.63. The number of benzene rings is 2. The highest BCUT2D eigenvalue weighted by Gasteiger charge is 2.19. The van der Waals surface area contributed by atoms with Gasteiger partial charge in [0.2, 0.25) is 0 Å². The number of hydrogen-bond donors (Lipinski definition) is 1. The molecule has 0 spiro atoms. The van der Waals surface area contributed by atoms with Crippen LogP contribution in [0.3, 0.4) is 0 Å². The van der Waals surface area contributed by atoms with Gasteiger partial charge in [0.25, 0.3) is 5.91 Å². The van der Waals surface area contributed by atoms with Gasteiger partial charge >= 0.3 is 0 Å². The maximum absolute atomic E-state index is 13.2. The van der Waals surface area contributed by atoms with Crippen LogP contribution < -0.4 is 5.32 Å². The van der Waals surface area contributed by atoms with Crippen LogP contribution in [0.5, 0.6) is 0 Å². The molecule has 0 saturated heterocycles. The minimum absolute atomic E-state index is 0.132. The van der Waals surface area contributed by atoms with E-state index in [1.165, 1.54) is 12.1 Å². The monoisotopic (exact) mass is 397 g/mol. The highest BCUT2D eigenvalue weighted by atomic mass is 35.5. The molecule has 4 nitrogen and oxygen atoms in total. The Kier molecular flexibility index (Phi) is 4.75. The summed E-state index contributed by atoms with van der Waals surface area (Å²) in [4.78, 5) is 13.9. The molecule has 1 amide bonds. The minimum Gasteiger partial charge on any atom is -0.319 e. The minimum atomic E-state index is -0.465. The maximum Gasteiger partial charge on any atom is 0.274 e. The summed E-state index contributed by atoms with van der Waals surface area (Å²) < 4.78 is 14.8. The Bertz CT molecular complexity index is 1090. The van der Waals surface area contributed by atoms with Crippen molar-refractivity contribution in [3.63, 3.8) is 0 Å². The van der Waals surface area contributed by atoms with Crippen LogP contribution in [0, 0.1) is 5.82 Å². The van der Waals surface area contributed by atoms with Crippen molar-refractivity contribution in [3.05, 3.63) is 88.6 Å². The topological polar surface area (TPSA) is 46.9 Å². The zero-order chi connectivity index (χ0) is 18.8. The molecule has 0 aliphatic rings. The van der Waals surface area contributed by atoms with Crippen LogP contribution in [0.1, 0.15) is 10.5 Å². The number of rotatable bonds is 4. The maximum atomic E-state index is 13.2. The molecule has 0 bridgehead atoms. The number of thiophene rings is 1. The number of halogens is 2. The Hall–Kier alpha value is -2.96. The first-order valence-electron chi connectivity index (χ1n) is 8.07. The van der Waals surface area contributed by atoms with Crippen LogP contribution in [0.2, 0.25) is 5.02 Å². The van der Waals surface area contributed by atoms with Crippen molar-refractivity contribution < 1.29 is 9.18 Å². The lowest BCUT2D eigenvalue weighted by atomic mass is 10.2. The lowest BCUT2D eigenvalue weighted by Crippen LogP contribution is -2.17. The summed E-state index contributed by atoms with van der Waals surface area (Å²) in [6.07, 6.45) is 0. The Morgan fingerprint density at radius 3 is 2.59 bits per heavy atom. The summed E-state index contributed by atoms with van der Waals surface area (Å²) in [5.41, 5.74) is 2.14. The molecule has 2 aromatic heterocycles. The highest BCUT2D eigenvalue weighted by Crippen LogP contribution is 2.27. The predicted molar refractivity (Wildman–Crippen MR) is 106 cm³/mol. The number of nitrogens with zero attached hydrogens (tertiary/aromatic N) is 2. The van der Waals surface area contributed by atoms with Crippen LogP contribution in [0.25, 0.3) is 16.3 Å². The zero-order valence-corrected chi connectivity index (χ0v) is 15.5. The molecule has 1 N–H and O–H groups in total. The molecule has 2 heterocycles. The molecule has 27 heavy (non-hydrogen) atoms. The van der Waals surface area contributed by atoms with Gasteiger partial charge < -0.3 is 5.32 Å². The molecule has 0 aliphatic carbocycles. The fraction of sp³-hybridized carbons (Fsp3) is 0. The van der Waals surface area contributed by atoms with E-state index in [0.29, 0.717) is 17.1 Å². The number of amides is 1. The van der Waals surface area contributed by atoms with Crippen molar-refractivity contribution in [2.24, 2.45) is 0 Å². The third kappa shape index (κ3) is 3.63. The highest BCUT2D eigenvalue weighted by molar-refractivity contribution is 7.13. The number of carbonyl (C=O) groups is 1. The fourth-order valence-corrected chi connectivity index (χ4v) is 3.53. The SMILES string of the molecule is O=C(Nc1ccc(F)cc1Cl)c1cc(-c2cccs2)nn1-c1ccccc1. The summed E-state index contributed by atoms with van der Waals surface area (Å²) in [5.74, 6) is -0.852. The summed E-state index contributed by atoms with van der Waals surface area (Å²) in [5, 5.41) is 9.41. The summed E-state index contributed by atoms with van der Waals surface area (Å²) in [6, 6.07) is 18.8. The second kappa shape index (κ2) is 7.34. The van der Waals surface area contributed by atoms with Crippen LogP contribution in [0.4, 0.5) is 10.1 Å². The smallest absolute Gasteiger partial charge is 0.274 e. The summed E-state index contributed by atoms with van der Waals surface area (Å²) in [6.45, 7) is 0.